The number of nitrogens with one attached hydrogen (secondary N) is 1. The van der Waals surface area contributed by atoms with E-state index < -0.39 is 0 Å². The van der Waals surface area contributed by atoms with Gasteiger partial charge in [0, 0.05) is 22.8 Å². The van der Waals surface area contributed by atoms with Crippen molar-refractivity contribution in [1.29, 1.82) is 0 Å². The molecule has 1 aromatic heterocycles. The fourth-order valence-electron chi connectivity index (χ4n) is 1.97. The summed E-state index contributed by atoms with van der Waals surface area (Å²) in [6.07, 6.45) is 3.78. The Labute approximate surface area is 114 Å². The topological polar surface area (TPSA) is 29.9 Å². The minimum atomic E-state index is -0.248. The predicted octanol–water partition coefficient (Wildman–Crippen LogP) is 3.11. The number of halogens is 2. The van der Waals surface area contributed by atoms with Crippen molar-refractivity contribution < 1.29 is 4.39 Å². The first-order valence-corrected chi connectivity index (χ1v) is 6.59. The van der Waals surface area contributed by atoms with Crippen LogP contribution in [-0.2, 0) is 6.54 Å². The lowest BCUT2D eigenvalue weighted by Crippen LogP contribution is -2.17. The third-order valence-corrected chi connectivity index (χ3v) is 3.28. The minimum absolute atomic E-state index is 0.0581. The molecular formula is C13H15BrFN3. The molecule has 0 saturated carbocycles. The Balaban J connectivity index is 2.38. The highest BCUT2D eigenvalue weighted by atomic mass is 79.9. The Morgan fingerprint density at radius 3 is 2.72 bits per heavy atom. The molecular weight excluding hydrogens is 297 g/mol. The van der Waals surface area contributed by atoms with Crippen LogP contribution in [0.3, 0.4) is 0 Å². The smallest absolute Gasteiger partial charge is 0.124 e. The van der Waals surface area contributed by atoms with Crippen LogP contribution >= 0.6 is 15.9 Å². The number of aromatic nitrogens is 2. The summed E-state index contributed by atoms with van der Waals surface area (Å²) in [6, 6.07) is 4.84. The van der Waals surface area contributed by atoms with E-state index in [-0.39, 0.29) is 11.9 Å². The van der Waals surface area contributed by atoms with Crippen LogP contribution < -0.4 is 5.32 Å². The van der Waals surface area contributed by atoms with Gasteiger partial charge in [0.15, 0.2) is 0 Å². The monoisotopic (exact) mass is 311 g/mol. The molecule has 1 heterocycles. The van der Waals surface area contributed by atoms with Gasteiger partial charge in [0.2, 0.25) is 0 Å². The molecule has 0 amide bonds. The van der Waals surface area contributed by atoms with Crippen molar-refractivity contribution in [3.05, 3.63) is 52.0 Å². The maximum absolute atomic E-state index is 13.4. The minimum Gasteiger partial charge on any atom is -0.309 e. The molecule has 0 bridgehead atoms. The first-order valence-electron chi connectivity index (χ1n) is 5.79. The van der Waals surface area contributed by atoms with Crippen LogP contribution in [0.1, 0.15) is 24.1 Å². The third-order valence-electron chi connectivity index (χ3n) is 2.82. The molecule has 1 unspecified atom stereocenters. The highest BCUT2D eigenvalue weighted by Crippen LogP contribution is 2.25. The predicted molar refractivity (Wildman–Crippen MR) is 72.9 cm³/mol. The summed E-state index contributed by atoms with van der Waals surface area (Å²) < 4.78 is 16.0. The van der Waals surface area contributed by atoms with Gasteiger partial charge >= 0.3 is 0 Å². The molecule has 0 radical (unpaired) electrons. The average molecular weight is 312 g/mol. The van der Waals surface area contributed by atoms with E-state index in [0.717, 1.165) is 22.1 Å². The SMILES string of the molecule is CCn1cc(C(NC)c2cc(F)cc(Br)c2)cn1. The van der Waals surface area contributed by atoms with E-state index in [1.54, 1.807) is 0 Å². The second-order valence-corrected chi connectivity index (χ2v) is 4.97. The molecule has 0 saturated heterocycles. The van der Waals surface area contributed by atoms with E-state index in [4.69, 9.17) is 0 Å². The fourth-order valence-corrected chi connectivity index (χ4v) is 2.45. The van der Waals surface area contributed by atoms with Gasteiger partial charge in [0.05, 0.1) is 12.2 Å². The van der Waals surface area contributed by atoms with Gasteiger partial charge in [-0.15, -0.1) is 0 Å². The molecule has 0 aliphatic heterocycles. The van der Waals surface area contributed by atoms with Gasteiger partial charge in [-0.05, 0) is 37.7 Å². The van der Waals surface area contributed by atoms with Crippen molar-refractivity contribution in [2.75, 3.05) is 7.05 Å². The van der Waals surface area contributed by atoms with Crippen molar-refractivity contribution in [1.82, 2.24) is 15.1 Å². The average Bonchev–Trinajstić information content (AvgIpc) is 2.77. The molecule has 3 nitrogen and oxygen atoms in total. The lowest BCUT2D eigenvalue weighted by molar-refractivity contribution is 0.615. The summed E-state index contributed by atoms with van der Waals surface area (Å²) in [6.45, 7) is 2.85. The van der Waals surface area contributed by atoms with Crippen molar-refractivity contribution in [2.24, 2.45) is 0 Å². The summed E-state index contributed by atoms with van der Waals surface area (Å²) in [5.41, 5.74) is 1.90. The van der Waals surface area contributed by atoms with E-state index >= 15 is 0 Å². The Kier molecular flexibility index (Phi) is 4.14. The number of benzene rings is 1. The summed E-state index contributed by atoms with van der Waals surface area (Å²) in [4.78, 5) is 0. The maximum Gasteiger partial charge on any atom is 0.124 e. The second kappa shape index (κ2) is 5.63. The lowest BCUT2D eigenvalue weighted by Gasteiger charge is -2.15. The van der Waals surface area contributed by atoms with Gasteiger partial charge in [0.1, 0.15) is 5.82 Å². The summed E-state index contributed by atoms with van der Waals surface area (Å²) in [5, 5.41) is 7.43. The molecule has 0 aliphatic rings. The van der Waals surface area contributed by atoms with Crippen LogP contribution in [0.2, 0.25) is 0 Å². The quantitative estimate of drug-likeness (QED) is 0.940. The van der Waals surface area contributed by atoms with Gasteiger partial charge < -0.3 is 5.32 Å². The Hall–Kier alpha value is -1.20. The van der Waals surface area contributed by atoms with E-state index in [9.17, 15) is 4.39 Å². The van der Waals surface area contributed by atoms with Crippen LogP contribution in [-0.4, -0.2) is 16.8 Å². The van der Waals surface area contributed by atoms with Crippen LogP contribution in [0, 0.1) is 5.82 Å². The standard InChI is InChI=1S/C13H15BrFN3/c1-3-18-8-10(7-17-18)13(16-2)9-4-11(14)6-12(15)5-9/h4-8,13,16H,3H2,1-2H3. The Morgan fingerprint density at radius 1 is 1.39 bits per heavy atom. The Bertz CT molecular complexity index is 519. The number of hydrogen-bond acceptors (Lipinski definition) is 2. The van der Waals surface area contributed by atoms with Crippen LogP contribution in [0.15, 0.2) is 35.1 Å². The molecule has 2 rings (SSSR count). The zero-order chi connectivity index (χ0) is 13.1. The van der Waals surface area contributed by atoms with E-state index in [2.05, 4.69) is 26.3 Å². The normalized spacial score (nSPS) is 12.7. The molecule has 0 aliphatic carbocycles. The van der Waals surface area contributed by atoms with E-state index in [1.807, 2.05) is 37.1 Å². The van der Waals surface area contributed by atoms with E-state index in [1.165, 1.54) is 12.1 Å². The first kappa shape index (κ1) is 13.2. The number of nitrogens with zero attached hydrogens (tertiary/aromatic N) is 2. The molecule has 0 spiro atoms. The summed E-state index contributed by atoms with van der Waals surface area (Å²) in [5.74, 6) is -0.248. The van der Waals surface area contributed by atoms with E-state index in [0.29, 0.717) is 0 Å². The van der Waals surface area contributed by atoms with Gasteiger partial charge in [-0.1, -0.05) is 15.9 Å². The second-order valence-electron chi connectivity index (χ2n) is 4.05. The van der Waals surface area contributed by atoms with Gasteiger partial charge in [-0.3, -0.25) is 4.68 Å². The molecule has 1 aromatic carbocycles. The summed E-state index contributed by atoms with van der Waals surface area (Å²) >= 11 is 3.31. The number of hydrogen-bond donors (Lipinski definition) is 1. The van der Waals surface area contributed by atoms with Crippen molar-refractivity contribution in [3.8, 4) is 0 Å². The molecule has 5 heteroatoms. The molecule has 2 aromatic rings. The van der Waals surface area contributed by atoms with Crippen molar-refractivity contribution in [3.63, 3.8) is 0 Å². The van der Waals surface area contributed by atoms with Crippen LogP contribution in [0.4, 0.5) is 4.39 Å². The zero-order valence-corrected chi connectivity index (χ0v) is 11.9. The van der Waals surface area contributed by atoms with Crippen molar-refractivity contribution >= 4 is 15.9 Å². The van der Waals surface area contributed by atoms with Gasteiger partial charge in [-0.25, -0.2) is 4.39 Å². The fraction of sp³-hybridized carbons (Fsp3) is 0.308. The molecule has 0 fully saturated rings. The highest BCUT2D eigenvalue weighted by Gasteiger charge is 2.15. The molecule has 1 atom stereocenters. The molecule has 1 N–H and O–H groups in total. The molecule has 96 valence electrons. The largest absolute Gasteiger partial charge is 0.309 e. The van der Waals surface area contributed by atoms with Crippen LogP contribution in [0.5, 0.6) is 0 Å². The van der Waals surface area contributed by atoms with Gasteiger partial charge in [0.25, 0.3) is 0 Å². The van der Waals surface area contributed by atoms with Crippen molar-refractivity contribution in [2.45, 2.75) is 19.5 Å². The lowest BCUT2D eigenvalue weighted by atomic mass is 10.0. The van der Waals surface area contributed by atoms with Gasteiger partial charge in [-0.2, -0.15) is 5.10 Å². The maximum atomic E-state index is 13.4. The third kappa shape index (κ3) is 2.79. The Morgan fingerprint density at radius 2 is 2.17 bits per heavy atom. The first-order chi connectivity index (χ1) is 8.63. The number of aryl methyl sites for hydroxylation is 1. The van der Waals surface area contributed by atoms with Crippen LogP contribution in [0.25, 0.3) is 0 Å². The zero-order valence-electron chi connectivity index (χ0n) is 10.3. The molecule has 18 heavy (non-hydrogen) atoms. The number of rotatable bonds is 4. The highest BCUT2D eigenvalue weighted by molar-refractivity contribution is 9.10. The summed E-state index contributed by atoms with van der Waals surface area (Å²) in [7, 11) is 1.85.